The Balaban J connectivity index is 3.17. The molecule has 0 radical (unpaired) electrons. The lowest BCUT2D eigenvalue weighted by Crippen LogP contribution is -2.57. The van der Waals surface area contributed by atoms with Gasteiger partial charge in [-0.25, -0.2) is 9.59 Å². The van der Waals surface area contributed by atoms with Gasteiger partial charge in [0.1, 0.15) is 11.3 Å². The molecule has 0 aliphatic rings. The molecule has 1 rings (SSSR count). The van der Waals surface area contributed by atoms with E-state index in [2.05, 4.69) is 4.74 Å². The van der Waals surface area contributed by atoms with Crippen LogP contribution in [-0.2, 0) is 9.22 Å². The lowest BCUT2D eigenvalue weighted by Gasteiger charge is -2.26. The summed E-state index contributed by atoms with van der Waals surface area (Å²) in [5.41, 5.74) is -0.575. The molecule has 0 heterocycles. The third-order valence-corrected chi connectivity index (χ3v) is 3.51. The molecule has 0 fully saturated rings. The Hall–Kier alpha value is -2.11. The first kappa shape index (κ1) is 21.9. The van der Waals surface area contributed by atoms with Crippen molar-refractivity contribution >= 4 is 20.3 Å². The van der Waals surface area contributed by atoms with Gasteiger partial charge in [0.05, 0.1) is 0 Å². The molecule has 0 aliphatic carbocycles. The van der Waals surface area contributed by atoms with Gasteiger partial charge in [-0.15, -0.1) is 0 Å². The fraction of sp³-hybridized carbons (Fsp3) is 0.429. The van der Waals surface area contributed by atoms with Crippen molar-refractivity contribution in [2.24, 2.45) is 0 Å². The van der Waals surface area contributed by atoms with Crippen molar-refractivity contribution in [2.45, 2.75) is 37.7 Å². The van der Waals surface area contributed by atoms with Crippen LogP contribution in [0.3, 0.4) is 0 Å². The van der Waals surface area contributed by atoms with E-state index >= 15 is 0 Å². The average molecular weight is 406 g/mol. The first-order valence-electron chi connectivity index (χ1n) is 6.87. The molecule has 0 bridgehead atoms. The minimum Gasteiger partial charge on any atom is -0.516 e. The Morgan fingerprint density at radius 1 is 0.923 bits per heavy atom. The largest absolute Gasteiger partial charge is 0.516 e. The van der Waals surface area contributed by atoms with Gasteiger partial charge in [-0.05, 0) is 31.8 Å². The van der Waals surface area contributed by atoms with E-state index in [-0.39, 0.29) is 0 Å². The molecule has 0 amide bonds. The van der Waals surface area contributed by atoms with Crippen LogP contribution in [0.2, 0.25) is 19.6 Å². The van der Waals surface area contributed by atoms with E-state index in [1.54, 1.807) is 19.6 Å². The van der Waals surface area contributed by atoms with Crippen LogP contribution in [0.4, 0.5) is 30.7 Å². The van der Waals surface area contributed by atoms with Crippen LogP contribution in [0.5, 0.6) is 5.75 Å². The van der Waals surface area contributed by atoms with Crippen LogP contribution in [0.1, 0.15) is 10.4 Å². The van der Waals surface area contributed by atoms with E-state index in [4.69, 9.17) is 4.43 Å². The van der Waals surface area contributed by atoms with E-state index < -0.39 is 49.6 Å². The molecule has 0 N–H and O–H groups in total. The van der Waals surface area contributed by atoms with Crippen molar-refractivity contribution in [3.05, 3.63) is 29.8 Å². The van der Waals surface area contributed by atoms with Gasteiger partial charge in [0.25, 0.3) is 0 Å². The number of para-hydroxylation sites is 1. The van der Waals surface area contributed by atoms with Gasteiger partial charge in [0, 0.05) is 0 Å². The van der Waals surface area contributed by atoms with Crippen molar-refractivity contribution in [3.8, 4) is 5.75 Å². The minimum atomic E-state index is -6.69. The predicted octanol–water partition coefficient (Wildman–Crippen LogP) is 4.42. The molecule has 0 saturated carbocycles. The van der Waals surface area contributed by atoms with Gasteiger partial charge in [0.15, 0.2) is 0 Å². The number of rotatable bonds is 5. The molecule has 12 heteroatoms. The summed E-state index contributed by atoms with van der Waals surface area (Å²) >= 11 is 0. The molecule has 0 aromatic heterocycles. The summed E-state index contributed by atoms with van der Waals surface area (Å²) in [6.07, 6.45) is -6.69. The van der Waals surface area contributed by atoms with Crippen LogP contribution >= 0.6 is 0 Å². The zero-order valence-corrected chi connectivity index (χ0v) is 14.6. The van der Waals surface area contributed by atoms with E-state index in [1.165, 1.54) is 6.07 Å². The lowest BCUT2D eigenvalue weighted by molar-refractivity contribution is -0.346. The minimum absolute atomic E-state index is 0.575. The Labute approximate surface area is 144 Å². The van der Waals surface area contributed by atoms with Gasteiger partial charge in [-0.1, -0.05) is 12.1 Å². The number of ether oxygens (including phenoxy) is 1. The van der Waals surface area contributed by atoms with Crippen molar-refractivity contribution in [3.63, 3.8) is 0 Å². The van der Waals surface area contributed by atoms with Crippen molar-refractivity contribution in [1.82, 2.24) is 0 Å². The van der Waals surface area contributed by atoms with Crippen molar-refractivity contribution < 1.29 is 49.5 Å². The molecular formula is C14H13F7O4Si. The molecule has 0 unspecified atom stereocenters. The molecule has 0 saturated heterocycles. The SMILES string of the molecule is C[Si](C)(C)OC(=O)c1ccccc1OC(=O)C(F)(F)C(F)(F)C(F)(F)F. The highest BCUT2D eigenvalue weighted by Gasteiger charge is 2.77. The Kier molecular flexibility index (Phi) is 5.81. The zero-order valence-electron chi connectivity index (χ0n) is 13.6. The van der Waals surface area contributed by atoms with Crippen LogP contribution in [0, 0.1) is 0 Å². The third-order valence-electron chi connectivity index (χ3n) is 2.72. The van der Waals surface area contributed by atoms with Crippen LogP contribution < -0.4 is 4.74 Å². The Bertz CT molecular complexity index is 695. The van der Waals surface area contributed by atoms with Gasteiger partial charge in [-0.2, -0.15) is 30.7 Å². The highest BCUT2D eigenvalue weighted by Crippen LogP contribution is 2.47. The summed E-state index contributed by atoms with van der Waals surface area (Å²) in [5, 5.41) is 0. The standard InChI is InChI=1S/C14H13F7O4Si/c1-26(2,3)25-10(22)8-6-4-5-7-9(8)24-11(23)12(15,16)13(17,18)14(19,20)21/h4-7H,1-3H3. The Morgan fingerprint density at radius 2 is 1.42 bits per heavy atom. The zero-order chi connectivity index (χ0) is 20.6. The van der Waals surface area contributed by atoms with Gasteiger partial charge < -0.3 is 9.16 Å². The average Bonchev–Trinajstić information content (AvgIpc) is 2.44. The van der Waals surface area contributed by atoms with Gasteiger partial charge in [-0.3, -0.25) is 0 Å². The smallest absolute Gasteiger partial charge is 0.460 e. The predicted molar refractivity (Wildman–Crippen MR) is 76.8 cm³/mol. The maximum absolute atomic E-state index is 13.3. The summed E-state index contributed by atoms with van der Waals surface area (Å²) in [5.74, 6) is -18.1. The fourth-order valence-corrected chi connectivity index (χ4v) is 2.19. The normalized spacial score (nSPS) is 13.3. The number of esters is 1. The number of halogens is 7. The molecular weight excluding hydrogens is 393 g/mol. The topological polar surface area (TPSA) is 52.6 Å². The quantitative estimate of drug-likeness (QED) is 0.315. The molecule has 0 atom stereocenters. The summed E-state index contributed by atoms with van der Waals surface area (Å²) in [7, 11) is -2.46. The second-order valence-corrected chi connectivity index (χ2v) is 10.5. The maximum Gasteiger partial charge on any atom is 0.460 e. The number of alkyl halides is 7. The van der Waals surface area contributed by atoms with Crippen LogP contribution in [-0.4, -0.2) is 38.3 Å². The molecule has 0 spiro atoms. The molecule has 4 nitrogen and oxygen atoms in total. The van der Waals surface area contributed by atoms with Crippen LogP contribution in [0.15, 0.2) is 24.3 Å². The summed E-state index contributed by atoms with van der Waals surface area (Å²) in [6, 6.07) is 4.07. The number of carbonyl (C=O) groups is 2. The first-order chi connectivity index (χ1) is 11.5. The Morgan fingerprint density at radius 3 is 1.88 bits per heavy atom. The number of hydrogen-bond donors (Lipinski definition) is 0. The van der Waals surface area contributed by atoms with E-state index in [9.17, 15) is 40.3 Å². The highest BCUT2D eigenvalue weighted by atomic mass is 28.4. The summed E-state index contributed by atoms with van der Waals surface area (Å²) in [4.78, 5) is 23.3. The molecule has 1 aromatic rings. The van der Waals surface area contributed by atoms with E-state index in [1.807, 2.05) is 0 Å². The lowest BCUT2D eigenvalue weighted by atomic mass is 10.1. The van der Waals surface area contributed by atoms with Crippen molar-refractivity contribution in [2.75, 3.05) is 0 Å². The highest BCUT2D eigenvalue weighted by molar-refractivity contribution is 6.71. The summed E-state index contributed by atoms with van der Waals surface area (Å²) < 4.78 is 97.8. The number of hydrogen-bond acceptors (Lipinski definition) is 4. The van der Waals surface area contributed by atoms with Crippen LogP contribution in [0.25, 0.3) is 0 Å². The molecule has 146 valence electrons. The fourth-order valence-electron chi connectivity index (χ4n) is 1.53. The maximum atomic E-state index is 13.3. The second-order valence-electron chi connectivity index (χ2n) is 6.03. The third kappa shape index (κ3) is 4.53. The molecule has 1 aromatic carbocycles. The second kappa shape index (κ2) is 6.89. The monoisotopic (exact) mass is 406 g/mol. The molecule has 0 aliphatic heterocycles. The van der Waals surface area contributed by atoms with E-state index in [0.717, 1.165) is 18.2 Å². The number of benzene rings is 1. The molecule has 26 heavy (non-hydrogen) atoms. The first-order valence-corrected chi connectivity index (χ1v) is 10.3. The van der Waals surface area contributed by atoms with Gasteiger partial charge >= 0.3 is 30.0 Å². The van der Waals surface area contributed by atoms with Crippen molar-refractivity contribution in [1.29, 1.82) is 0 Å². The van der Waals surface area contributed by atoms with Gasteiger partial charge in [0.2, 0.25) is 8.32 Å². The summed E-state index contributed by atoms with van der Waals surface area (Å²) in [6.45, 7) is 4.78. The van der Waals surface area contributed by atoms with E-state index in [0.29, 0.717) is 0 Å². The number of carbonyl (C=O) groups excluding carboxylic acids is 2.